The third-order valence-electron chi connectivity index (χ3n) is 3.67. The van der Waals surface area contributed by atoms with Gasteiger partial charge >= 0.3 is 0 Å². The van der Waals surface area contributed by atoms with Crippen LogP contribution in [0.1, 0.15) is 12.5 Å². The molecule has 0 aliphatic heterocycles. The van der Waals surface area contributed by atoms with Gasteiger partial charge < -0.3 is 4.74 Å². The second-order valence-corrected chi connectivity index (χ2v) is 6.04. The lowest BCUT2D eigenvalue weighted by Crippen LogP contribution is -2.22. The zero-order valence-electron chi connectivity index (χ0n) is 13.2. The quantitative estimate of drug-likeness (QED) is 0.529. The molecule has 2 aromatic carbocycles. The number of aromatic nitrogens is 2. The van der Waals surface area contributed by atoms with Gasteiger partial charge in [-0.3, -0.25) is 9.36 Å². The van der Waals surface area contributed by atoms with Crippen molar-refractivity contribution in [2.45, 2.75) is 24.4 Å². The summed E-state index contributed by atoms with van der Waals surface area (Å²) in [6.07, 6.45) is 0. The summed E-state index contributed by atoms with van der Waals surface area (Å²) in [4.78, 5) is 17.2. The Bertz CT molecular complexity index is 872. The minimum absolute atomic E-state index is 0.0235. The first-order valence-electron chi connectivity index (χ1n) is 7.48. The zero-order valence-corrected chi connectivity index (χ0v) is 14.0. The van der Waals surface area contributed by atoms with Gasteiger partial charge in [-0.05, 0) is 36.8 Å². The number of hydrogen-bond acceptors (Lipinski definition) is 4. The van der Waals surface area contributed by atoms with Crippen LogP contribution in [-0.4, -0.2) is 16.7 Å². The maximum absolute atomic E-state index is 12.6. The maximum atomic E-state index is 12.6. The van der Waals surface area contributed by atoms with Gasteiger partial charge in [-0.1, -0.05) is 36.0 Å². The molecule has 118 valence electrons. The molecule has 0 N–H and O–H groups in total. The highest BCUT2D eigenvalue weighted by atomic mass is 32.2. The van der Waals surface area contributed by atoms with Crippen molar-refractivity contribution in [1.29, 1.82) is 0 Å². The molecule has 3 rings (SSSR count). The first-order chi connectivity index (χ1) is 11.2. The summed E-state index contributed by atoms with van der Waals surface area (Å²) in [6, 6.07) is 15.4. The molecule has 23 heavy (non-hydrogen) atoms. The maximum Gasteiger partial charge on any atom is 0.262 e. The number of hydrogen-bond donors (Lipinski definition) is 0. The van der Waals surface area contributed by atoms with Gasteiger partial charge in [-0.25, -0.2) is 4.98 Å². The molecule has 1 heterocycles. The molecular weight excluding hydrogens is 308 g/mol. The lowest BCUT2D eigenvalue weighted by atomic mass is 10.2. The van der Waals surface area contributed by atoms with Crippen LogP contribution in [0, 0.1) is 0 Å². The molecule has 0 aliphatic rings. The molecule has 0 amide bonds. The topological polar surface area (TPSA) is 44.1 Å². The molecular formula is C18H18N2O2S. The molecule has 0 saturated heterocycles. The van der Waals surface area contributed by atoms with Crippen molar-refractivity contribution in [2.24, 2.45) is 0 Å². The van der Waals surface area contributed by atoms with Crippen LogP contribution in [0.15, 0.2) is 58.5 Å². The Kier molecular flexibility index (Phi) is 4.67. The second kappa shape index (κ2) is 6.87. The van der Waals surface area contributed by atoms with E-state index in [0.717, 1.165) is 22.2 Å². The van der Waals surface area contributed by atoms with Gasteiger partial charge in [0.15, 0.2) is 5.16 Å². The molecule has 0 saturated carbocycles. The predicted molar refractivity (Wildman–Crippen MR) is 94.2 cm³/mol. The van der Waals surface area contributed by atoms with Crippen molar-refractivity contribution in [3.63, 3.8) is 0 Å². The van der Waals surface area contributed by atoms with Crippen LogP contribution in [-0.2, 0) is 12.3 Å². The van der Waals surface area contributed by atoms with E-state index in [4.69, 9.17) is 4.74 Å². The van der Waals surface area contributed by atoms with Crippen LogP contribution in [0.3, 0.4) is 0 Å². The van der Waals surface area contributed by atoms with Gasteiger partial charge in [0.05, 0.1) is 18.0 Å². The Hall–Kier alpha value is -2.27. The number of fused-ring (bicyclic) bond motifs is 1. The van der Waals surface area contributed by atoms with Gasteiger partial charge in [0, 0.05) is 12.3 Å². The van der Waals surface area contributed by atoms with Crippen LogP contribution >= 0.6 is 11.8 Å². The molecule has 0 atom stereocenters. The highest BCUT2D eigenvalue weighted by Crippen LogP contribution is 2.23. The summed E-state index contributed by atoms with van der Waals surface area (Å²) >= 11 is 1.58. The molecule has 4 nitrogen and oxygen atoms in total. The molecule has 0 radical (unpaired) electrons. The van der Waals surface area contributed by atoms with Gasteiger partial charge in [0.25, 0.3) is 5.56 Å². The molecule has 0 aliphatic carbocycles. The molecule has 0 unspecified atom stereocenters. The van der Waals surface area contributed by atoms with E-state index in [0.29, 0.717) is 11.9 Å². The number of benzene rings is 2. The fourth-order valence-corrected chi connectivity index (χ4v) is 3.43. The van der Waals surface area contributed by atoms with E-state index in [9.17, 15) is 4.79 Å². The van der Waals surface area contributed by atoms with E-state index < -0.39 is 0 Å². The Labute approximate surface area is 139 Å². The number of ether oxygens (including phenoxy) is 1. The van der Waals surface area contributed by atoms with Crippen molar-refractivity contribution in [2.75, 3.05) is 7.11 Å². The Balaban J connectivity index is 1.91. The van der Waals surface area contributed by atoms with E-state index in [-0.39, 0.29) is 5.56 Å². The van der Waals surface area contributed by atoms with Crippen molar-refractivity contribution >= 4 is 22.7 Å². The normalized spacial score (nSPS) is 10.9. The highest BCUT2D eigenvalue weighted by Gasteiger charge is 2.10. The number of thioether (sulfide) groups is 1. The molecule has 3 aromatic rings. The molecule has 1 aromatic heterocycles. The smallest absolute Gasteiger partial charge is 0.262 e. The Morgan fingerprint density at radius 2 is 1.87 bits per heavy atom. The summed E-state index contributed by atoms with van der Waals surface area (Å²) in [7, 11) is 1.66. The van der Waals surface area contributed by atoms with Crippen molar-refractivity contribution in [3.8, 4) is 5.75 Å². The molecule has 5 heteroatoms. The van der Waals surface area contributed by atoms with Crippen molar-refractivity contribution in [3.05, 3.63) is 64.4 Å². The highest BCUT2D eigenvalue weighted by molar-refractivity contribution is 7.98. The van der Waals surface area contributed by atoms with Gasteiger partial charge in [0.2, 0.25) is 0 Å². The number of para-hydroxylation sites is 1. The summed E-state index contributed by atoms with van der Waals surface area (Å²) in [5, 5.41) is 1.43. The third-order valence-corrected chi connectivity index (χ3v) is 4.72. The first-order valence-corrected chi connectivity index (χ1v) is 8.46. The first kappa shape index (κ1) is 15.6. The standard InChI is InChI=1S/C18H18N2O2S/c1-3-20-17(21)15-6-4-5-7-16(15)19-18(20)23-12-13-8-10-14(22-2)11-9-13/h4-11H,3,12H2,1-2H3. The van der Waals surface area contributed by atoms with Crippen molar-refractivity contribution < 1.29 is 4.74 Å². The summed E-state index contributed by atoms with van der Waals surface area (Å²) in [5.74, 6) is 1.60. The lowest BCUT2D eigenvalue weighted by molar-refractivity contribution is 0.414. The Morgan fingerprint density at radius 3 is 2.57 bits per heavy atom. The van der Waals surface area contributed by atoms with Crippen LogP contribution in [0.4, 0.5) is 0 Å². The SMILES string of the molecule is CCn1c(SCc2ccc(OC)cc2)nc2ccccc2c1=O. The van der Waals surface area contributed by atoms with E-state index in [1.54, 1.807) is 23.4 Å². The van der Waals surface area contributed by atoms with Crippen LogP contribution in [0.5, 0.6) is 5.75 Å². The van der Waals surface area contributed by atoms with E-state index in [1.807, 2.05) is 55.5 Å². The predicted octanol–water partition coefficient (Wildman–Crippen LogP) is 3.72. The van der Waals surface area contributed by atoms with Crippen LogP contribution in [0.2, 0.25) is 0 Å². The fraction of sp³-hybridized carbons (Fsp3) is 0.222. The van der Waals surface area contributed by atoms with E-state index in [1.165, 1.54) is 5.56 Å². The van der Waals surface area contributed by atoms with E-state index >= 15 is 0 Å². The molecule has 0 spiro atoms. The van der Waals surface area contributed by atoms with E-state index in [2.05, 4.69) is 4.98 Å². The summed E-state index contributed by atoms with van der Waals surface area (Å²) < 4.78 is 6.90. The van der Waals surface area contributed by atoms with Gasteiger partial charge in [0.1, 0.15) is 5.75 Å². The fourth-order valence-electron chi connectivity index (χ4n) is 2.41. The van der Waals surface area contributed by atoms with Gasteiger partial charge in [-0.15, -0.1) is 0 Å². The monoisotopic (exact) mass is 326 g/mol. The summed E-state index contributed by atoms with van der Waals surface area (Å²) in [5.41, 5.74) is 1.94. The second-order valence-electron chi connectivity index (χ2n) is 5.10. The van der Waals surface area contributed by atoms with Crippen molar-refractivity contribution in [1.82, 2.24) is 9.55 Å². The minimum atomic E-state index is 0.0235. The average molecular weight is 326 g/mol. The van der Waals surface area contributed by atoms with Crippen LogP contribution < -0.4 is 10.3 Å². The summed E-state index contributed by atoms with van der Waals surface area (Å²) in [6.45, 7) is 2.58. The third kappa shape index (κ3) is 3.24. The molecule has 0 bridgehead atoms. The lowest BCUT2D eigenvalue weighted by Gasteiger charge is -2.11. The number of methoxy groups -OCH3 is 1. The van der Waals surface area contributed by atoms with Gasteiger partial charge in [-0.2, -0.15) is 0 Å². The average Bonchev–Trinajstić information content (AvgIpc) is 2.60. The largest absolute Gasteiger partial charge is 0.497 e. The number of rotatable bonds is 5. The zero-order chi connectivity index (χ0) is 16.2. The minimum Gasteiger partial charge on any atom is -0.497 e. The Morgan fingerprint density at radius 1 is 1.13 bits per heavy atom. The number of nitrogens with zero attached hydrogens (tertiary/aromatic N) is 2. The molecule has 0 fully saturated rings. The van der Waals surface area contributed by atoms with Crippen LogP contribution in [0.25, 0.3) is 10.9 Å².